The van der Waals surface area contributed by atoms with E-state index in [1.165, 1.54) is 15.6 Å². The number of aryl methyl sites for hydroxylation is 2. The van der Waals surface area contributed by atoms with Gasteiger partial charge in [0.1, 0.15) is 6.33 Å². The molecule has 1 aromatic carbocycles. The molecule has 0 aliphatic heterocycles. The molecule has 0 atom stereocenters. The molecular weight excluding hydrogens is 258 g/mol. The van der Waals surface area contributed by atoms with Gasteiger partial charge in [-0.25, -0.2) is 9.48 Å². The predicted octanol–water partition coefficient (Wildman–Crippen LogP) is 0.583. The van der Waals surface area contributed by atoms with Crippen LogP contribution in [0.25, 0.3) is 0 Å². The van der Waals surface area contributed by atoms with Crippen LogP contribution >= 0.6 is 0 Å². The molecule has 0 fully saturated rings. The summed E-state index contributed by atoms with van der Waals surface area (Å²) in [5.74, 6) is -0.0984. The summed E-state index contributed by atoms with van der Waals surface area (Å²) in [4.78, 5) is 23.2. The monoisotopic (exact) mass is 275 g/mol. The second kappa shape index (κ2) is 6.05. The molecule has 106 valence electrons. The lowest BCUT2D eigenvalue weighted by Crippen LogP contribution is -2.23. The summed E-state index contributed by atoms with van der Waals surface area (Å²) < 4.78 is 2.74. The number of carbonyl (C=O) groups is 1. The lowest BCUT2D eigenvalue weighted by molar-refractivity contribution is -0.116. The van der Waals surface area contributed by atoms with E-state index in [0.29, 0.717) is 30.8 Å². The first kappa shape index (κ1) is 13.9. The number of anilines is 2. The second-order valence-corrected chi connectivity index (χ2v) is 4.52. The van der Waals surface area contributed by atoms with Crippen LogP contribution in [0.4, 0.5) is 11.4 Å². The van der Waals surface area contributed by atoms with Crippen molar-refractivity contribution in [2.45, 2.75) is 19.4 Å². The maximum absolute atomic E-state index is 11.7. The van der Waals surface area contributed by atoms with Crippen LogP contribution in [0.15, 0.2) is 35.4 Å². The molecular formula is C13H17N5O2. The number of aromatic nitrogens is 3. The minimum Gasteiger partial charge on any atom is -0.399 e. The lowest BCUT2D eigenvalue weighted by atomic mass is 10.2. The van der Waals surface area contributed by atoms with Crippen LogP contribution in [0.3, 0.4) is 0 Å². The summed E-state index contributed by atoms with van der Waals surface area (Å²) in [5, 5.41) is 6.70. The Morgan fingerprint density at radius 1 is 1.35 bits per heavy atom. The Morgan fingerprint density at radius 3 is 2.65 bits per heavy atom. The van der Waals surface area contributed by atoms with E-state index < -0.39 is 0 Å². The maximum Gasteiger partial charge on any atom is 0.345 e. The minimum absolute atomic E-state index is 0.0984. The van der Waals surface area contributed by atoms with Crippen molar-refractivity contribution in [3.8, 4) is 0 Å². The maximum atomic E-state index is 11.7. The van der Waals surface area contributed by atoms with Gasteiger partial charge in [-0.05, 0) is 30.7 Å². The van der Waals surface area contributed by atoms with Crippen molar-refractivity contribution in [2.75, 3.05) is 11.1 Å². The van der Waals surface area contributed by atoms with E-state index in [2.05, 4.69) is 10.4 Å². The molecule has 0 aliphatic carbocycles. The molecule has 1 aromatic heterocycles. The number of hydrogen-bond donors (Lipinski definition) is 2. The van der Waals surface area contributed by atoms with E-state index in [1.807, 2.05) is 0 Å². The van der Waals surface area contributed by atoms with Crippen LogP contribution in [-0.2, 0) is 18.4 Å². The van der Waals surface area contributed by atoms with Crippen molar-refractivity contribution in [1.29, 1.82) is 0 Å². The molecule has 7 heteroatoms. The van der Waals surface area contributed by atoms with Crippen LogP contribution in [-0.4, -0.2) is 20.3 Å². The third kappa shape index (κ3) is 3.47. The van der Waals surface area contributed by atoms with E-state index in [0.717, 1.165) is 0 Å². The van der Waals surface area contributed by atoms with Gasteiger partial charge in [-0.3, -0.25) is 9.36 Å². The van der Waals surface area contributed by atoms with Crippen LogP contribution in [0.5, 0.6) is 0 Å². The van der Waals surface area contributed by atoms with E-state index in [4.69, 9.17) is 5.73 Å². The molecule has 1 amide bonds. The number of rotatable bonds is 5. The fourth-order valence-electron chi connectivity index (χ4n) is 1.75. The second-order valence-electron chi connectivity index (χ2n) is 4.52. The van der Waals surface area contributed by atoms with Gasteiger partial charge in [0.15, 0.2) is 0 Å². The van der Waals surface area contributed by atoms with Crippen molar-refractivity contribution in [3.63, 3.8) is 0 Å². The molecule has 2 rings (SSSR count). The molecule has 0 spiro atoms. The Balaban J connectivity index is 1.79. The number of nitrogens with two attached hydrogens (primary N) is 1. The Hall–Kier alpha value is -2.57. The summed E-state index contributed by atoms with van der Waals surface area (Å²) >= 11 is 0. The molecule has 0 saturated heterocycles. The molecule has 0 saturated carbocycles. The number of benzene rings is 1. The molecule has 3 N–H and O–H groups in total. The Kier molecular flexibility index (Phi) is 4.19. The molecule has 20 heavy (non-hydrogen) atoms. The summed E-state index contributed by atoms with van der Waals surface area (Å²) in [6.07, 6.45) is 2.34. The average molecular weight is 275 g/mol. The number of nitrogens with zero attached hydrogens (tertiary/aromatic N) is 3. The predicted molar refractivity (Wildman–Crippen MR) is 76.2 cm³/mol. The highest BCUT2D eigenvalue weighted by Crippen LogP contribution is 2.10. The van der Waals surface area contributed by atoms with Gasteiger partial charge in [0.05, 0.1) is 0 Å². The van der Waals surface area contributed by atoms with Crippen LogP contribution in [0, 0.1) is 0 Å². The van der Waals surface area contributed by atoms with Gasteiger partial charge < -0.3 is 11.1 Å². The number of hydrogen-bond acceptors (Lipinski definition) is 4. The van der Waals surface area contributed by atoms with E-state index in [-0.39, 0.29) is 11.6 Å². The van der Waals surface area contributed by atoms with Crippen molar-refractivity contribution >= 4 is 17.3 Å². The summed E-state index contributed by atoms with van der Waals surface area (Å²) in [5.41, 5.74) is 6.75. The lowest BCUT2D eigenvalue weighted by Gasteiger charge is -2.05. The zero-order valence-corrected chi connectivity index (χ0v) is 11.2. The number of amides is 1. The highest BCUT2D eigenvalue weighted by molar-refractivity contribution is 5.90. The molecule has 0 aliphatic rings. The smallest absolute Gasteiger partial charge is 0.345 e. The van der Waals surface area contributed by atoms with E-state index in [1.54, 1.807) is 31.3 Å². The quantitative estimate of drug-likeness (QED) is 0.780. The fraction of sp³-hybridized carbons (Fsp3) is 0.308. The average Bonchev–Trinajstić information content (AvgIpc) is 2.73. The number of nitrogens with one attached hydrogen (secondary N) is 1. The normalized spacial score (nSPS) is 10.4. The Bertz CT molecular complexity index is 642. The third-order valence-corrected chi connectivity index (χ3v) is 2.85. The van der Waals surface area contributed by atoms with Gasteiger partial charge in [-0.1, -0.05) is 0 Å². The van der Waals surface area contributed by atoms with E-state index in [9.17, 15) is 9.59 Å². The Morgan fingerprint density at radius 2 is 2.05 bits per heavy atom. The van der Waals surface area contributed by atoms with Gasteiger partial charge in [-0.15, -0.1) is 0 Å². The zero-order chi connectivity index (χ0) is 14.5. The van der Waals surface area contributed by atoms with Crippen molar-refractivity contribution in [2.24, 2.45) is 7.05 Å². The van der Waals surface area contributed by atoms with E-state index >= 15 is 0 Å². The molecule has 1 heterocycles. The first-order chi connectivity index (χ1) is 9.56. The third-order valence-electron chi connectivity index (χ3n) is 2.85. The topological polar surface area (TPSA) is 94.9 Å². The molecule has 7 nitrogen and oxygen atoms in total. The Labute approximate surface area is 116 Å². The van der Waals surface area contributed by atoms with Crippen molar-refractivity contribution < 1.29 is 4.79 Å². The number of nitrogen functional groups attached to an aromatic ring is 1. The van der Waals surface area contributed by atoms with Gasteiger partial charge >= 0.3 is 5.69 Å². The van der Waals surface area contributed by atoms with Crippen LogP contribution in [0.2, 0.25) is 0 Å². The summed E-state index contributed by atoms with van der Waals surface area (Å²) in [6.45, 7) is 0.425. The molecule has 0 unspecified atom stereocenters. The van der Waals surface area contributed by atoms with Gasteiger partial charge in [0, 0.05) is 31.4 Å². The highest BCUT2D eigenvalue weighted by atomic mass is 16.2. The van der Waals surface area contributed by atoms with Gasteiger partial charge in [-0.2, -0.15) is 5.10 Å². The first-order valence-corrected chi connectivity index (χ1v) is 6.30. The molecule has 2 aromatic rings. The van der Waals surface area contributed by atoms with Gasteiger partial charge in [0.2, 0.25) is 5.91 Å². The SMILES string of the molecule is Cn1cnn(CCCC(=O)Nc2ccc(N)cc2)c1=O. The summed E-state index contributed by atoms with van der Waals surface area (Å²) in [6, 6.07) is 6.94. The first-order valence-electron chi connectivity index (χ1n) is 6.30. The molecule has 0 radical (unpaired) electrons. The zero-order valence-electron chi connectivity index (χ0n) is 11.2. The van der Waals surface area contributed by atoms with Gasteiger partial charge in [0.25, 0.3) is 0 Å². The largest absolute Gasteiger partial charge is 0.399 e. The van der Waals surface area contributed by atoms with Crippen LogP contribution < -0.4 is 16.7 Å². The molecule has 0 bridgehead atoms. The minimum atomic E-state index is -0.177. The van der Waals surface area contributed by atoms with Crippen molar-refractivity contribution in [1.82, 2.24) is 14.3 Å². The highest BCUT2D eigenvalue weighted by Gasteiger charge is 2.05. The number of carbonyl (C=O) groups excluding carboxylic acids is 1. The van der Waals surface area contributed by atoms with Crippen LogP contribution in [0.1, 0.15) is 12.8 Å². The summed E-state index contributed by atoms with van der Waals surface area (Å²) in [7, 11) is 1.64. The fourth-order valence-corrected chi connectivity index (χ4v) is 1.75. The van der Waals surface area contributed by atoms with Crippen molar-refractivity contribution in [3.05, 3.63) is 41.1 Å². The standard InChI is InChI=1S/C13H17N5O2/c1-17-9-15-18(13(17)20)8-2-3-12(19)16-11-6-4-10(14)5-7-11/h4-7,9H,2-3,8,14H2,1H3,(H,16,19).